The van der Waals surface area contributed by atoms with Crippen LogP contribution in [0.25, 0.3) is 0 Å². The highest BCUT2D eigenvalue weighted by atomic mass is 16.5. The fourth-order valence-electron chi connectivity index (χ4n) is 1.53. The van der Waals surface area contributed by atoms with Gasteiger partial charge in [-0.3, -0.25) is 4.79 Å². The van der Waals surface area contributed by atoms with E-state index in [9.17, 15) is 9.59 Å². The van der Waals surface area contributed by atoms with E-state index >= 15 is 0 Å². The standard InChI is InChI=1S/C15H21NO3/c1-4-5-6-14(17)16-13-9-7-12(8-10-13)15(18)19-11(2)3/h7-11H,4-6H2,1-3H3,(H,16,17). The Morgan fingerprint density at radius 3 is 2.37 bits per heavy atom. The van der Waals surface area contributed by atoms with Crippen molar-refractivity contribution in [1.29, 1.82) is 0 Å². The maximum absolute atomic E-state index is 11.6. The Bertz CT molecular complexity index is 424. The first-order valence-corrected chi connectivity index (χ1v) is 6.63. The minimum absolute atomic E-state index is 0.000595. The van der Waals surface area contributed by atoms with Gasteiger partial charge in [0.05, 0.1) is 11.7 Å². The number of hydrogen-bond donors (Lipinski definition) is 1. The zero-order valence-corrected chi connectivity index (χ0v) is 11.7. The Labute approximate surface area is 114 Å². The quantitative estimate of drug-likeness (QED) is 0.800. The number of unbranched alkanes of at least 4 members (excludes halogenated alkanes) is 1. The van der Waals surface area contributed by atoms with E-state index in [-0.39, 0.29) is 18.0 Å². The molecule has 0 saturated carbocycles. The van der Waals surface area contributed by atoms with Crippen LogP contribution >= 0.6 is 0 Å². The number of esters is 1. The molecule has 0 atom stereocenters. The molecule has 1 N–H and O–H groups in total. The number of anilines is 1. The summed E-state index contributed by atoms with van der Waals surface area (Å²) in [5.41, 5.74) is 1.18. The summed E-state index contributed by atoms with van der Waals surface area (Å²) in [6.45, 7) is 5.66. The van der Waals surface area contributed by atoms with Gasteiger partial charge in [-0.1, -0.05) is 13.3 Å². The maximum Gasteiger partial charge on any atom is 0.338 e. The molecular weight excluding hydrogens is 242 g/mol. The van der Waals surface area contributed by atoms with Gasteiger partial charge in [0.2, 0.25) is 5.91 Å². The summed E-state index contributed by atoms with van der Waals surface area (Å²) >= 11 is 0. The second-order valence-corrected chi connectivity index (χ2v) is 4.68. The Hall–Kier alpha value is -1.84. The van der Waals surface area contributed by atoms with Crippen molar-refractivity contribution in [3.05, 3.63) is 29.8 Å². The molecule has 1 amide bonds. The SMILES string of the molecule is CCCCC(=O)Nc1ccc(C(=O)OC(C)C)cc1. The van der Waals surface area contributed by atoms with Crippen LogP contribution in [0.3, 0.4) is 0 Å². The van der Waals surface area contributed by atoms with Crippen molar-refractivity contribution in [3.63, 3.8) is 0 Å². The number of carbonyl (C=O) groups excluding carboxylic acids is 2. The molecule has 1 rings (SSSR count). The zero-order valence-electron chi connectivity index (χ0n) is 11.7. The Morgan fingerprint density at radius 2 is 1.84 bits per heavy atom. The molecule has 0 fully saturated rings. The minimum atomic E-state index is -0.348. The summed E-state index contributed by atoms with van der Waals surface area (Å²) in [6, 6.07) is 6.72. The van der Waals surface area contributed by atoms with E-state index in [1.165, 1.54) is 0 Å². The highest BCUT2D eigenvalue weighted by Crippen LogP contribution is 2.12. The van der Waals surface area contributed by atoms with Crippen LogP contribution in [-0.2, 0) is 9.53 Å². The third-order valence-electron chi connectivity index (χ3n) is 2.50. The van der Waals surface area contributed by atoms with Gasteiger partial charge in [0, 0.05) is 12.1 Å². The van der Waals surface area contributed by atoms with Gasteiger partial charge in [-0.2, -0.15) is 0 Å². The number of rotatable bonds is 6. The third-order valence-corrected chi connectivity index (χ3v) is 2.50. The Kier molecular flexibility index (Phi) is 6.06. The van der Waals surface area contributed by atoms with Crippen LogP contribution in [0.5, 0.6) is 0 Å². The number of hydrogen-bond acceptors (Lipinski definition) is 3. The first kappa shape index (κ1) is 15.2. The normalized spacial score (nSPS) is 10.3. The molecule has 0 aliphatic rings. The molecule has 4 nitrogen and oxygen atoms in total. The van der Waals surface area contributed by atoms with Gasteiger partial charge in [0.1, 0.15) is 0 Å². The number of carbonyl (C=O) groups is 2. The first-order valence-electron chi connectivity index (χ1n) is 6.63. The van der Waals surface area contributed by atoms with E-state index in [1.54, 1.807) is 38.1 Å². The summed E-state index contributed by atoms with van der Waals surface area (Å²) in [7, 11) is 0. The summed E-state index contributed by atoms with van der Waals surface area (Å²) in [6.07, 6.45) is 2.26. The van der Waals surface area contributed by atoms with Crippen molar-refractivity contribution < 1.29 is 14.3 Å². The van der Waals surface area contributed by atoms with E-state index < -0.39 is 0 Å². The number of amides is 1. The molecule has 0 unspecified atom stereocenters. The van der Waals surface area contributed by atoms with Crippen LogP contribution in [0.1, 0.15) is 50.4 Å². The molecule has 0 aromatic heterocycles. The molecule has 0 radical (unpaired) electrons. The fraction of sp³-hybridized carbons (Fsp3) is 0.467. The van der Waals surface area contributed by atoms with Crippen molar-refractivity contribution in [2.24, 2.45) is 0 Å². The summed E-state index contributed by atoms with van der Waals surface area (Å²) < 4.78 is 5.08. The third kappa shape index (κ3) is 5.55. The lowest BCUT2D eigenvalue weighted by Gasteiger charge is -2.09. The van der Waals surface area contributed by atoms with Crippen LogP contribution in [0.15, 0.2) is 24.3 Å². The predicted molar refractivity (Wildman–Crippen MR) is 75.1 cm³/mol. The number of benzene rings is 1. The van der Waals surface area contributed by atoms with Crippen LogP contribution in [0, 0.1) is 0 Å². The molecule has 0 spiro atoms. The maximum atomic E-state index is 11.6. The minimum Gasteiger partial charge on any atom is -0.459 e. The Morgan fingerprint density at radius 1 is 1.21 bits per heavy atom. The average molecular weight is 263 g/mol. The lowest BCUT2D eigenvalue weighted by atomic mass is 10.2. The smallest absolute Gasteiger partial charge is 0.338 e. The molecule has 1 aromatic rings. The van der Waals surface area contributed by atoms with E-state index in [4.69, 9.17) is 4.74 Å². The first-order chi connectivity index (χ1) is 9.02. The van der Waals surface area contributed by atoms with Gasteiger partial charge >= 0.3 is 5.97 Å². The second-order valence-electron chi connectivity index (χ2n) is 4.68. The monoisotopic (exact) mass is 263 g/mol. The summed E-state index contributed by atoms with van der Waals surface area (Å²) in [5, 5.41) is 2.79. The van der Waals surface area contributed by atoms with E-state index in [0.717, 1.165) is 12.8 Å². The van der Waals surface area contributed by atoms with Crippen molar-refractivity contribution in [1.82, 2.24) is 0 Å². The number of nitrogens with one attached hydrogen (secondary N) is 1. The molecule has 0 aliphatic heterocycles. The van der Waals surface area contributed by atoms with Crippen molar-refractivity contribution in [2.75, 3.05) is 5.32 Å². The molecule has 4 heteroatoms. The molecule has 0 heterocycles. The lowest BCUT2D eigenvalue weighted by molar-refractivity contribution is -0.116. The highest BCUT2D eigenvalue weighted by molar-refractivity contribution is 5.93. The molecule has 0 saturated heterocycles. The van der Waals surface area contributed by atoms with Gasteiger partial charge in [-0.15, -0.1) is 0 Å². The highest BCUT2D eigenvalue weighted by Gasteiger charge is 2.09. The van der Waals surface area contributed by atoms with Crippen molar-refractivity contribution in [3.8, 4) is 0 Å². The van der Waals surface area contributed by atoms with Crippen molar-refractivity contribution >= 4 is 17.6 Å². The molecule has 1 aromatic carbocycles. The average Bonchev–Trinajstić information content (AvgIpc) is 2.36. The van der Waals surface area contributed by atoms with Crippen LogP contribution in [-0.4, -0.2) is 18.0 Å². The van der Waals surface area contributed by atoms with E-state index in [1.807, 2.05) is 6.92 Å². The molecular formula is C15H21NO3. The summed E-state index contributed by atoms with van der Waals surface area (Å²) in [4.78, 5) is 23.2. The second kappa shape index (κ2) is 7.56. The van der Waals surface area contributed by atoms with Crippen molar-refractivity contribution in [2.45, 2.75) is 46.1 Å². The fourth-order valence-corrected chi connectivity index (χ4v) is 1.53. The zero-order chi connectivity index (χ0) is 14.3. The topological polar surface area (TPSA) is 55.4 Å². The van der Waals surface area contributed by atoms with Gasteiger partial charge in [0.15, 0.2) is 0 Å². The number of ether oxygens (including phenoxy) is 1. The van der Waals surface area contributed by atoms with Crippen LogP contribution in [0.4, 0.5) is 5.69 Å². The van der Waals surface area contributed by atoms with Gasteiger partial charge < -0.3 is 10.1 Å². The van der Waals surface area contributed by atoms with Gasteiger partial charge in [-0.05, 0) is 44.5 Å². The molecule has 19 heavy (non-hydrogen) atoms. The lowest BCUT2D eigenvalue weighted by Crippen LogP contribution is -2.13. The molecule has 0 aliphatic carbocycles. The Balaban J connectivity index is 2.56. The largest absolute Gasteiger partial charge is 0.459 e. The summed E-state index contributed by atoms with van der Waals surface area (Å²) in [5.74, 6) is -0.349. The van der Waals surface area contributed by atoms with Gasteiger partial charge in [0.25, 0.3) is 0 Å². The van der Waals surface area contributed by atoms with Crippen LogP contribution in [0.2, 0.25) is 0 Å². The van der Waals surface area contributed by atoms with E-state index in [2.05, 4.69) is 5.32 Å². The molecule has 0 bridgehead atoms. The van der Waals surface area contributed by atoms with E-state index in [0.29, 0.717) is 17.7 Å². The van der Waals surface area contributed by atoms with Gasteiger partial charge in [-0.25, -0.2) is 4.79 Å². The van der Waals surface area contributed by atoms with Crippen LogP contribution < -0.4 is 5.32 Å². The molecule has 104 valence electrons. The predicted octanol–water partition coefficient (Wildman–Crippen LogP) is 3.38.